The standard InChI is InChI=1S/C37H34.C35H22.C2H6/c1-35(2,3)24-17-19-27-28-20-18-25(36(4,5)6)22-33(28)37(32(27)21-24)30-15-8-7-13-26(30)29-14-9-11-23-12-10-16-31(37)34(23)29;1-2-10-23(11-3-1)25-20-21-28-26-14-4-6-17-30(26)35(33(28)22-25)31-18-7-5-15-27(31)29-16-8-12-24-13-9-19-32(35)34(24)29;1-2/h7-22H,1-6H3;1-22H;1-2H3. The van der Waals surface area contributed by atoms with Gasteiger partial charge in [0.2, 0.25) is 0 Å². The molecule has 0 amide bonds. The average Bonchev–Trinajstić information content (AvgIpc) is 4.00. The molecule has 1 unspecified atom stereocenters. The first kappa shape index (κ1) is 45.8. The molecule has 0 saturated heterocycles. The summed E-state index contributed by atoms with van der Waals surface area (Å²) >= 11 is 0. The molecule has 11 aromatic carbocycles. The summed E-state index contributed by atoms with van der Waals surface area (Å²) in [5.74, 6) is 0. The van der Waals surface area contributed by atoms with E-state index in [9.17, 15) is 0 Å². The smallest absolute Gasteiger partial charge is 0.0683 e. The molecule has 74 heavy (non-hydrogen) atoms. The molecule has 0 aromatic heterocycles. The predicted octanol–water partition coefficient (Wildman–Crippen LogP) is 19.7. The van der Waals surface area contributed by atoms with E-state index in [1.165, 1.54) is 133 Å². The molecule has 0 aliphatic heterocycles. The predicted molar refractivity (Wildman–Crippen MR) is 315 cm³/mol. The van der Waals surface area contributed by atoms with Crippen LogP contribution in [0, 0.1) is 0 Å². The van der Waals surface area contributed by atoms with Crippen molar-refractivity contribution in [2.75, 3.05) is 0 Å². The molecular weight excluding hydrogens is 889 g/mol. The molecule has 0 radical (unpaired) electrons. The summed E-state index contributed by atoms with van der Waals surface area (Å²) in [4.78, 5) is 0. The minimum Gasteiger partial charge on any atom is -0.0683 e. The molecule has 0 nitrogen and oxygen atoms in total. The fourth-order valence-electron chi connectivity index (χ4n) is 13.6. The topological polar surface area (TPSA) is 0 Å². The van der Waals surface area contributed by atoms with Crippen molar-refractivity contribution < 1.29 is 0 Å². The van der Waals surface area contributed by atoms with E-state index in [-0.39, 0.29) is 21.7 Å². The molecule has 4 aliphatic carbocycles. The van der Waals surface area contributed by atoms with Crippen molar-refractivity contribution in [1.29, 1.82) is 0 Å². The monoisotopic (exact) mass is 950 g/mol. The van der Waals surface area contributed by atoms with Gasteiger partial charge in [-0.3, -0.25) is 0 Å². The highest BCUT2D eigenvalue weighted by molar-refractivity contribution is 6.08. The maximum absolute atomic E-state index is 2.52. The van der Waals surface area contributed by atoms with Crippen LogP contribution in [0.3, 0.4) is 0 Å². The summed E-state index contributed by atoms with van der Waals surface area (Å²) in [7, 11) is 0. The Morgan fingerprint density at radius 1 is 0.243 bits per heavy atom. The highest BCUT2D eigenvalue weighted by Gasteiger charge is 2.52. The molecule has 4 aliphatic rings. The molecule has 11 aromatic rings. The van der Waals surface area contributed by atoms with Gasteiger partial charge in [0, 0.05) is 0 Å². The zero-order chi connectivity index (χ0) is 50.7. The lowest BCUT2D eigenvalue weighted by atomic mass is 9.61. The number of benzene rings is 11. The molecule has 15 rings (SSSR count). The van der Waals surface area contributed by atoms with Crippen molar-refractivity contribution >= 4 is 21.5 Å². The first-order valence-electron chi connectivity index (χ1n) is 26.8. The Bertz CT molecular complexity index is 3980. The largest absolute Gasteiger partial charge is 0.0725 e. The third-order valence-electron chi connectivity index (χ3n) is 16.9. The van der Waals surface area contributed by atoms with E-state index >= 15 is 0 Å². The van der Waals surface area contributed by atoms with Crippen molar-refractivity contribution in [2.24, 2.45) is 0 Å². The number of hydrogen-bond donors (Lipinski definition) is 0. The second kappa shape index (κ2) is 16.7. The SMILES string of the molecule is CC.CC(C)(C)c1ccc2c(c1)C1(c3cc(C(C)(C)C)ccc3-2)c2ccccc2-c2cccc3cccc1c23.c1ccc(-c2ccc3c(c2)C2(c4ccccc4-3)c3ccccc3-c3cccc4cccc2c34)cc1. The number of rotatable bonds is 1. The van der Waals surface area contributed by atoms with Gasteiger partial charge in [-0.15, -0.1) is 0 Å². The van der Waals surface area contributed by atoms with E-state index in [0.717, 1.165) is 0 Å². The van der Waals surface area contributed by atoms with Crippen LogP contribution in [0.2, 0.25) is 0 Å². The van der Waals surface area contributed by atoms with Crippen LogP contribution in [-0.4, -0.2) is 0 Å². The number of hydrogen-bond acceptors (Lipinski definition) is 0. The van der Waals surface area contributed by atoms with Gasteiger partial charge in [-0.1, -0.05) is 280 Å². The average molecular weight is 951 g/mol. The van der Waals surface area contributed by atoms with Gasteiger partial charge in [-0.25, -0.2) is 0 Å². The molecular formula is C74H62. The first-order valence-corrected chi connectivity index (χ1v) is 26.8. The third-order valence-corrected chi connectivity index (χ3v) is 16.9. The van der Waals surface area contributed by atoms with Gasteiger partial charge in [0.15, 0.2) is 0 Å². The summed E-state index contributed by atoms with van der Waals surface area (Å²) in [5.41, 5.74) is 26.7. The van der Waals surface area contributed by atoms with Crippen LogP contribution >= 0.6 is 0 Å². The van der Waals surface area contributed by atoms with Gasteiger partial charge in [0.05, 0.1) is 10.8 Å². The Balaban J connectivity index is 0.000000138. The van der Waals surface area contributed by atoms with Gasteiger partial charge in [0.1, 0.15) is 0 Å². The zero-order valence-corrected chi connectivity index (χ0v) is 43.9. The van der Waals surface area contributed by atoms with Crippen LogP contribution in [0.1, 0.15) is 111 Å². The maximum Gasteiger partial charge on any atom is 0.0725 e. The van der Waals surface area contributed by atoms with Crippen molar-refractivity contribution in [3.05, 3.63) is 286 Å². The second-order valence-corrected chi connectivity index (χ2v) is 22.7. The number of fused-ring (bicyclic) bond motifs is 18. The highest BCUT2D eigenvalue weighted by Crippen LogP contribution is 2.64. The van der Waals surface area contributed by atoms with Crippen molar-refractivity contribution in [1.82, 2.24) is 0 Å². The van der Waals surface area contributed by atoms with E-state index in [0.29, 0.717) is 0 Å². The minimum atomic E-state index is -0.350. The van der Waals surface area contributed by atoms with Crippen molar-refractivity contribution in [3.63, 3.8) is 0 Å². The van der Waals surface area contributed by atoms with E-state index < -0.39 is 0 Å². The Morgan fingerprint density at radius 3 is 1.01 bits per heavy atom. The quantitative estimate of drug-likeness (QED) is 0.154. The Labute approximate surface area is 438 Å². The molecule has 0 fully saturated rings. The molecule has 0 N–H and O–H groups in total. The fraction of sp³-hybridized carbons (Fsp3) is 0.162. The summed E-state index contributed by atoms with van der Waals surface area (Å²) in [6.45, 7) is 18.0. The lowest BCUT2D eigenvalue weighted by Crippen LogP contribution is -2.32. The van der Waals surface area contributed by atoms with Crippen molar-refractivity contribution in [2.45, 2.75) is 77.0 Å². The van der Waals surface area contributed by atoms with Crippen LogP contribution in [0.25, 0.3) is 77.2 Å². The van der Waals surface area contributed by atoms with Crippen LogP contribution in [-0.2, 0) is 21.7 Å². The first-order chi connectivity index (χ1) is 36.0. The molecule has 2 spiro atoms. The zero-order valence-electron chi connectivity index (χ0n) is 43.9. The Morgan fingerprint density at radius 2 is 0.568 bits per heavy atom. The summed E-state index contributed by atoms with van der Waals surface area (Å²) in [6.07, 6.45) is 0. The maximum atomic E-state index is 2.52. The summed E-state index contributed by atoms with van der Waals surface area (Å²) in [6, 6.07) is 86.9. The van der Waals surface area contributed by atoms with Gasteiger partial charge in [-0.05, 0) is 150 Å². The molecule has 0 bridgehead atoms. The Kier molecular flexibility index (Phi) is 10.4. The van der Waals surface area contributed by atoms with Crippen LogP contribution in [0.4, 0.5) is 0 Å². The normalized spacial score (nSPS) is 15.5. The molecule has 1 atom stereocenters. The summed E-state index contributed by atoms with van der Waals surface area (Å²) in [5, 5.41) is 5.39. The van der Waals surface area contributed by atoms with Crippen LogP contribution in [0.15, 0.2) is 231 Å². The minimum absolute atomic E-state index is 0.0691. The summed E-state index contributed by atoms with van der Waals surface area (Å²) < 4.78 is 0. The molecule has 0 heterocycles. The molecule has 0 saturated carbocycles. The third kappa shape index (κ3) is 6.34. The molecule has 358 valence electrons. The van der Waals surface area contributed by atoms with Gasteiger partial charge in [0.25, 0.3) is 0 Å². The highest BCUT2D eigenvalue weighted by atomic mass is 14.5. The molecule has 0 heteroatoms. The lowest BCUT2D eigenvalue weighted by molar-refractivity contribution is 0.586. The fourth-order valence-corrected chi connectivity index (χ4v) is 13.6. The van der Waals surface area contributed by atoms with Crippen molar-refractivity contribution in [3.8, 4) is 55.6 Å². The van der Waals surface area contributed by atoms with Gasteiger partial charge < -0.3 is 0 Å². The van der Waals surface area contributed by atoms with E-state index in [1.54, 1.807) is 0 Å². The van der Waals surface area contributed by atoms with Crippen LogP contribution < -0.4 is 0 Å². The van der Waals surface area contributed by atoms with Gasteiger partial charge in [-0.2, -0.15) is 0 Å². The lowest BCUT2D eigenvalue weighted by Gasteiger charge is -2.40. The van der Waals surface area contributed by atoms with E-state index in [2.05, 4.69) is 272 Å². The second-order valence-electron chi connectivity index (χ2n) is 22.7. The Hall–Kier alpha value is -8.06. The van der Waals surface area contributed by atoms with Gasteiger partial charge >= 0.3 is 0 Å². The van der Waals surface area contributed by atoms with E-state index in [4.69, 9.17) is 0 Å². The van der Waals surface area contributed by atoms with Crippen LogP contribution in [0.5, 0.6) is 0 Å². The van der Waals surface area contributed by atoms with E-state index in [1.807, 2.05) is 13.8 Å².